The van der Waals surface area contributed by atoms with Gasteiger partial charge in [-0.3, -0.25) is 4.79 Å². The van der Waals surface area contributed by atoms with E-state index in [4.69, 9.17) is 4.74 Å². The van der Waals surface area contributed by atoms with Crippen LogP contribution in [0.2, 0.25) is 0 Å². The highest BCUT2D eigenvalue weighted by Crippen LogP contribution is 2.19. The molecule has 0 aromatic heterocycles. The molecule has 0 radical (unpaired) electrons. The van der Waals surface area contributed by atoms with Gasteiger partial charge >= 0.3 is 0 Å². The van der Waals surface area contributed by atoms with Crippen LogP contribution >= 0.6 is 11.8 Å². The molecule has 1 aliphatic heterocycles. The van der Waals surface area contributed by atoms with Gasteiger partial charge in [0.15, 0.2) is 5.17 Å². The van der Waals surface area contributed by atoms with Crippen LogP contribution in [0.4, 0.5) is 4.39 Å². The number of thioether (sulfide) groups is 1. The van der Waals surface area contributed by atoms with Crippen molar-refractivity contribution in [3.63, 3.8) is 0 Å². The van der Waals surface area contributed by atoms with E-state index in [0.29, 0.717) is 28.8 Å². The maximum atomic E-state index is 13.4. The predicted molar refractivity (Wildman–Crippen MR) is 87.0 cm³/mol. The van der Waals surface area contributed by atoms with Gasteiger partial charge in [0, 0.05) is 5.56 Å². The second kappa shape index (κ2) is 8.53. The molecule has 1 aromatic carbocycles. The Kier molecular flexibility index (Phi) is 6.39. The summed E-state index contributed by atoms with van der Waals surface area (Å²) in [6.45, 7) is 2.70. The first-order valence-electron chi connectivity index (χ1n) is 7.15. The number of halogens is 1. The van der Waals surface area contributed by atoms with Crippen molar-refractivity contribution in [2.75, 3.05) is 12.4 Å². The quantitative estimate of drug-likeness (QED) is 0.477. The second-order valence-corrected chi connectivity index (χ2v) is 5.69. The van der Waals surface area contributed by atoms with E-state index < -0.39 is 0 Å². The van der Waals surface area contributed by atoms with Crippen molar-refractivity contribution in [2.24, 2.45) is 10.2 Å². The van der Waals surface area contributed by atoms with E-state index in [0.717, 1.165) is 19.3 Å². The number of carbonyl (C=O) groups is 1. The molecule has 0 spiro atoms. The maximum Gasteiger partial charge on any atom is 0.236 e. The van der Waals surface area contributed by atoms with Gasteiger partial charge in [0.1, 0.15) is 11.6 Å². The zero-order valence-electron chi connectivity index (χ0n) is 12.3. The molecule has 1 saturated heterocycles. The molecular weight excluding hydrogens is 305 g/mol. The van der Waals surface area contributed by atoms with E-state index in [1.54, 1.807) is 6.07 Å². The molecule has 0 aliphatic carbocycles. The summed E-state index contributed by atoms with van der Waals surface area (Å²) in [7, 11) is 0. The summed E-state index contributed by atoms with van der Waals surface area (Å²) in [5.74, 6) is 0.466. The number of hydrogen-bond donors (Lipinski definition) is 1. The molecule has 7 heteroatoms. The van der Waals surface area contributed by atoms with Crippen molar-refractivity contribution in [3.05, 3.63) is 29.6 Å². The van der Waals surface area contributed by atoms with Crippen LogP contribution in [-0.2, 0) is 4.79 Å². The number of nitrogens with one attached hydrogen (secondary N) is 1. The van der Waals surface area contributed by atoms with Gasteiger partial charge in [-0.2, -0.15) is 5.10 Å². The van der Waals surface area contributed by atoms with Gasteiger partial charge in [0.25, 0.3) is 0 Å². The molecule has 118 valence electrons. The Morgan fingerprint density at radius 3 is 3.05 bits per heavy atom. The van der Waals surface area contributed by atoms with Crippen molar-refractivity contribution in [3.8, 4) is 5.75 Å². The number of amides is 1. The second-order valence-electron chi connectivity index (χ2n) is 4.72. The number of rotatable bonds is 7. The number of carbonyl (C=O) groups excluding carboxylic acids is 1. The summed E-state index contributed by atoms with van der Waals surface area (Å²) < 4.78 is 19.0. The van der Waals surface area contributed by atoms with E-state index in [1.807, 2.05) is 0 Å². The van der Waals surface area contributed by atoms with Crippen LogP contribution in [0.3, 0.4) is 0 Å². The minimum absolute atomic E-state index is 0.0929. The highest BCUT2D eigenvalue weighted by atomic mass is 32.2. The number of hydrogen-bond acceptors (Lipinski definition) is 5. The van der Waals surface area contributed by atoms with Crippen molar-refractivity contribution in [2.45, 2.75) is 26.2 Å². The summed E-state index contributed by atoms with van der Waals surface area (Å²) in [6, 6.07) is 4.28. The van der Waals surface area contributed by atoms with Crippen LogP contribution in [0.5, 0.6) is 5.75 Å². The Bertz CT molecular complexity index is 590. The molecule has 0 atom stereocenters. The van der Waals surface area contributed by atoms with Gasteiger partial charge in [-0.1, -0.05) is 31.5 Å². The normalized spacial score (nSPS) is 16.5. The van der Waals surface area contributed by atoms with Gasteiger partial charge in [-0.15, -0.1) is 5.10 Å². The van der Waals surface area contributed by atoms with Crippen LogP contribution < -0.4 is 10.1 Å². The zero-order valence-corrected chi connectivity index (χ0v) is 13.2. The van der Waals surface area contributed by atoms with Gasteiger partial charge in [0.05, 0.1) is 18.6 Å². The summed E-state index contributed by atoms with van der Waals surface area (Å²) in [6.07, 6.45) is 4.59. The molecule has 1 aliphatic rings. The van der Waals surface area contributed by atoms with Crippen molar-refractivity contribution >= 4 is 29.1 Å². The third-order valence-corrected chi connectivity index (χ3v) is 3.77. The monoisotopic (exact) mass is 323 g/mol. The van der Waals surface area contributed by atoms with Crippen molar-refractivity contribution in [1.82, 2.24) is 5.32 Å². The average Bonchev–Trinajstić information content (AvgIpc) is 2.91. The standard InChI is InChI=1S/C15H18FN3O2S/c1-2-3-4-7-21-13-6-5-12(16)8-11(13)9-17-19-15-18-14(20)10-22-15/h5-6,8-9H,2-4,7,10H2,1H3,(H,18,19,20). The fraction of sp³-hybridized carbons (Fsp3) is 0.400. The molecular formula is C15H18FN3O2S. The highest BCUT2D eigenvalue weighted by molar-refractivity contribution is 8.15. The maximum absolute atomic E-state index is 13.4. The van der Waals surface area contributed by atoms with Crippen LogP contribution in [0, 0.1) is 5.82 Å². The lowest BCUT2D eigenvalue weighted by Gasteiger charge is -2.08. The number of benzene rings is 1. The summed E-state index contributed by atoms with van der Waals surface area (Å²) in [4.78, 5) is 11.0. The van der Waals surface area contributed by atoms with E-state index in [-0.39, 0.29) is 11.7 Å². The predicted octanol–water partition coefficient (Wildman–Crippen LogP) is 2.95. The lowest BCUT2D eigenvalue weighted by Crippen LogP contribution is -2.19. The molecule has 1 fully saturated rings. The van der Waals surface area contributed by atoms with E-state index >= 15 is 0 Å². The van der Waals surface area contributed by atoms with E-state index in [1.165, 1.54) is 30.1 Å². The van der Waals surface area contributed by atoms with Crippen LogP contribution in [0.15, 0.2) is 28.4 Å². The number of ether oxygens (including phenoxy) is 1. The molecule has 1 N–H and O–H groups in total. The minimum Gasteiger partial charge on any atom is -0.493 e. The SMILES string of the molecule is CCCCCOc1ccc(F)cc1C=NN=C1NC(=O)CS1. The Morgan fingerprint density at radius 1 is 1.45 bits per heavy atom. The number of amidine groups is 1. The Labute approximate surface area is 133 Å². The van der Waals surface area contributed by atoms with Gasteiger partial charge < -0.3 is 10.1 Å². The lowest BCUT2D eigenvalue weighted by atomic mass is 10.2. The van der Waals surface area contributed by atoms with E-state index in [2.05, 4.69) is 22.4 Å². The first-order chi connectivity index (χ1) is 10.7. The third kappa shape index (κ3) is 5.14. The van der Waals surface area contributed by atoms with Gasteiger partial charge in [-0.25, -0.2) is 4.39 Å². The fourth-order valence-electron chi connectivity index (χ4n) is 1.81. The van der Waals surface area contributed by atoms with Crippen LogP contribution in [0.25, 0.3) is 0 Å². The minimum atomic E-state index is -0.362. The summed E-state index contributed by atoms with van der Waals surface area (Å²) >= 11 is 1.28. The van der Waals surface area contributed by atoms with Crippen LogP contribution in [0.1, 0.15) is 31.7 Å². The Balaban J connectivity index is 2.01. The Hall–Kier alpha value is -1.89. The highest BCUT2D eigenvalue weighted by Gasteiger charge is 2.16. The van der Waals surface area contributed by atoms with Gasteiger partial charge in [0.2, 0.25) is 5.91 Å². The molecule has 22 heavy (non-hydrogen) atoms. The molecule has 5 nitrogen and oxygen atoms in total. The third-order valence-electron chi connectivity index (χ3n) is 2.91. The zero-order chi connectivity index (χ0) is 15.8. The first kappa shape index (κ1) is 16.5. The average molecular weight is 323 g/mol. The van der Waals surface area contributed by atoms with Gasteiger partial charge in [-0.05, 0) is 24.6 Å². The smallest absolute Gasteiger partial charge is 0.236 e. The molecule has 0 saturated carbocycles. The molecule has 2 rings (SSSR count). The molecule has 1 heterocycles. The van der Waals surface area contributed by atoms with Crippen molar-refractivity contribution < 1.29 is 13.9 Å². The lowest BCUT2D eigenvalue weighted by molar-refractivity contribution is -0.116. The summed E-state index contributed by atoms with van der Waals surface area (Å²) in [5.41, 5.74) is 0.523. The molecule has 0 bridgehead atoms. The summed E-state index contributed by atoms with van der Waals surface area (Å²) in [5, 5.41) is 10.8. The molecule has 0 unspecified atom stereocenters. The Morgan fingerprint density at radius 2 is 2.32 bits per heavy atom. The number of nitrogens with zero attached hydrogens (tertiary/aromatic N) is 2. The largest absolute Gasteiger partial charge is 0.493 e. The topological polar surface area (TPSA) is 63.1 Å². The number of unbranched alkanes of at least 4 members (excludes halogenated alkanes) is 2. The van der Waals surface area contributed by atoms with Crippen molar-refractivity contribution in [1.29, 1.82) is 0 Å². The van der Waals surface area contributed by atoms with E-state index in [9.17, 15) is 9.18 Å². The fourth-order valence-corrected chi connectivity index (χ4v) is 2.44. The molecule has 1 aromatic rings. The molecule has 1 amide bonds. The first-order valence-corrected chi connectivity index (χ1v) is 8.13. The van der Waals surface area contributed by atoms with Crippen LogP contribution in [-0.4, -0.2) is 29.6 Å².